The largest absolute Gasteiger partial charge is 0.258 e. The van der Waals surface area contributed by atoms with Crippen LogP contribution in [0, 0.1) is 0 Å². The van der Waals surface area contributed by atoms with Gasteiger partial charge >= 0.3 is 0 Å². The third-order valence-corrected chi connectivity index (χ3v) is 6.16. The lowest BCUT2D eigenvalue weighted by Crippen LogP contribution is -2.37. The van der Waals surface area contributed by atoms with Crippen molar-refractivity contribution >= 4 is 21.9 Å². The van der Waals surface area contributed by atoms with E-state index in [9.17, 15) is 0 Å². The number of hydrogen-bond donors (Lipinski definition) is 0. The molecule has 106 valence electrons. The van der Waals surface area contributed by atoms with Crippen molar-refractivity contribution in [2.45, 2.75) is 41.5 Å². The van der Waals surface area contributed by atoms with Gasteiger partial charge in [-0.25, -0.2) is 0 Å². The van der Waals surface area contributed by atoms with Crippen LogP contribution >= 0.6 is 21.9 Å². The van der Waals surface area contributed by atoms with E-state index in [0.717, 1.165) is 39.3 Å². The molecule has 0 atom stereocenters. The zero-order valence-electron chi connectivity index (χ0n) is 12.5. The predicted octanol–water partition coefficient (Wildman–Crippen LogP) is 3.35. The maximum absolute atomic E-state index is 2.61. The van der Waals surface area contributed by atoms with Gasteiger partial charge < -0.3 is 0 Å². The second-order valence-electron chi connectivity index (χ2n) is 3.69. The van der Waals surface area contributed by atoms with Gasteiger partial charge in [0, 0.05) is 39.3 Å². The van der Waals surface area contributed by atoms with E-state index in [1.165, 1.54) is 0 Å². The third kappa shape index (κ3) is 5.89. The van der Waals surface area contributed by atoms with Crippen LogP contribution in [0.5, 0.6) is 0 Å². The van der Waals surface area contributed by atoms with Crippen LogP contribution in [0.15, 0.2) is 0 Å². The molecule has 0 heterocycles. The summed E-state index contributed by atoms with van der Waals surface area (Å²) in [5.41, 5.74) is 0. The first-order chi connectivity index (χ1) is 7.69. The van der Waals surface area contributed by atoms with Crippen molar-refractivity contribution in [1.82, 2.24) is 14.0 Å². The highest BCUT2D eigenvalue weighted by atomic mass is 32.1. The number of nitrogens with zero attached hydrogens (tertiary/aromatic N) is 3. The SMILES string of the molecule is CCN(CC)P(N(CC)CC)N(CC)CC.S. The highest BCUT2D eigenvalue weighted by Crippen LogP contribution is 2.46. The first-order valence-electron chi connectivity index (χ1n) is 6.74. The molecular weight excluding hydrogens is 249 g/mol. The number of hydrogen-bond acceptors (Lipinski definition) is 3. The van der Waals surface area contributed by atoms with E-state index in [1.807, 2.05) is 0 Å². The Morgan fingerprint density at radius 2 is 0.706 bits per heavy atom. The van der Waals surface area contributed by atoms with E-state index in [-0.39, 0.29) is 21.9 Å². The van der Waals surface area contributed by atoms with Crippen molar-refractivity contribution in [2.75, 3.05) is 39.3 Å². The van der Waals surface area contributed by atoms with Gasteiger partial charge in [0.15, 0.2) is 0 Å². The van der Waals surface area contributed by atoms with Crippen molar-refractivity contribution in [3.63, 3.8) is 0 Å². The molecule has 0 unspecified atom stereocenters. The van der Waals surface area contributed by atoms with E-state index < -0.39 is 0 Å². The summed E-state index contributed by atoms with van der Waals surface area (Å²) >= 11 is 0. The Morgan fingerprint density at radius 3 is 0.824 bits per heavy atom. The summed E-state index contributed by atoms with van der Waals surface area (Å²) in [6.45, 7) is 20.5. The van der Waals surface area contributed by atoms with Gasteiger partial charge in [-0.3, -0.25) is 14.0 Å². The van der Waals surface area contributed by atoms with Crippen molar-refractivity contribution < 1.29 is 0 Å². The quantitative estimate of drug-likeness (QED) is 0.600. The Hall–Kier alpha value is 0.660. The molecule has 0 N–H and O–H groups in total. The van der Waals surface area contributed by atoms with Gasteiger partial charge in [-0.15, -0.1) is 0 Å². The smallest absolute Gasteiger partial charge is 0.120 e. The van der Waals surface area contributed by atoms with E-state index in [2.05, 4.69) is 55.6 Å². The zero-order valence-corrected chi connectivity index (χ0v) is 14.4. The van der Waals surface area contributed by atoms with Gasteiger partial charge in [-0.2, -0.15) is 13.5 Å². The fraction of sp³-hybridized carbons (Fsp3) is 1.00. The van der Waals surface area contributed by atoms with Crippen LogP contribution in [0.3, 0.4) is 0 Å². The molecule has 0 rings (SSSR count). The van der Waals surface area contributed by atoms with Gasteiger partial charge in [-0.1, -0.05) is 41.5 Å². The lowest BCUT2D eigenvalue weighted by atomic mass is 10.7. The summed E-state index contributed by atoms with van der Waals surface area (Å²) in [6.07, 6.45) is 0. The Morgan fingerprint density at radius 1 is 0.529 bits per heavy atom. The van der Waals surface area contributed by atoms with Crippen molar-refractivity contribution in [3.8, 4) is 0 Å². The Bertz CT molecular complexity index is 131. The van der Waals surface area contributed by atoms with Crippen LogP contribution < -0.4 is 0 Å². The Kier molecular flexibility index (Phi) is 13.8. The van der Waals surface area contributed by atoms with E-state index in [4.69, 9.17) is 0 Å². The molecule has 17 heavy (non-hydrogen) atoms. The molecule has 0 aromatic heterocycles. The molecule has 0 bridgehead atoms. The minimum absolute atomic E-state index is 0. The minimum atomic E-state index is -0.252. The fourth-order valence-corrected chi connectivity index (χ4v) is 4.56. The molecule has 0 radical (unpaired) electrons. The summed E-state index contributed by atoms with van der Waals surface area (Å²) in [6, 6.07) is 0. The molecule has 0 fully saturated rings. The highest BCUT2D eigenvalue weighted by molar-refractivity contribution is 7.59. The molecule has 0 amide bonds. The molecule has 0 aromatic rings. The molecular formula is C12H32N3PS. The van der Waals surface area contributed by atoms with Crippen LogP contribution in [-0.4, -0.2) is 53.3 Å². The van der Waals surface area contributed by atoms with Crippen LogP contribution in [0.1, 0.15) is 41.5 Å². The standard InChI is InChI=1S/C12H30N3P.H2S/c1-7-13(8-2)16(14(9-3)10-4)15(11-5)12-6;/h7-12H2,1-6H3;1H2. The average molecular weight is 281 g/mol. The van der Waals surface area contributed by atoms with E-state index in [0.29, 0.717) is 0 Å². The topological polar surface area (TPSA) is 9.72 Å². The fourth-order valence-electron chi connectivity index (χ4n) is 1.97. The van der Waals surface area contributed by atoms with Crippen LogP contribution in [0.4, 0.5) is 0 Å². The molecule has 0 saturated heterocycles. The first kappa shape index (κ1) is 20.0. The van der Waals surface area contributed by atoms with Gasteiger partial charge in [0.25, 0.3) is 0 Å². The summed E-state index contributed by atoms with van der Waals surface area (Å²) < 4.78 is 7.82. The summed E-state index contributed by atoms with van der Waals surface area (Å²) in [7, 11) is -0.252. The Balaban J connectivity index is 0. The van der Waals surface area contributed by atoms with Crippen LogP contribution in [0.2, 0.25) is 0 Å². The third-order valence-electron chi connectivity index (χ3n) is 2.95. The Labute approximate surface area is 117 Å². The van der Waals surface area contributed by atoms with Crippen molar-refractivity contribution in [3.05, 3.63) is 0 Å². The monoisotopic (exact) mass is 281 g/mol. The summed E-state index contributed by atoms with van der Waals surface area (Å²) in [5, 5.41) is 0. The predicted molar refractivity (Wildman–Crippen MR) is 86.1 cm³/mol. The lowest BCUT2D eigenvalue weighted by molar-refractivity contribution is 0.352. The van der Waals surface area contributed by atoms with Gasteiger partial charge in [0.05, 0.1) is 0 Å². The maximum Gasteiger partial charge on any atom is 0.120 e. The van der Waals surface area contributed by atoms with Gasteiger partial charge in [-0.05, 0) is 0 Å². The molecule has 3 nitrogen and oxygen atoms in total. The van der Waals surface area contributed by atoms with Gasteiger partial charge in [0.2, 0.25) is 0 Å². The van der Waals surface area contributed by atoms with E-state index in [1.54, 1.807) is 0 Å². The highest BCUT2D eigenvalue weighted by Gasteiger charge is 2.26. The van der Waals surface area contributed by atoms with Crippen LogP contribution in [0.25, 0.3) is 0 Å². The average Bonchev–Trinajstić information content (AvgIpc) is 2.33. The first-order valence-corrected chi connectivity index (χ1v) is 7.94. The molecule has 0 aromatic carbocycles. The zero-order chi connectivity index (χ0) is 12.6. The summed E-state index contributed by atoms with van der Waals surface area (Å²) in [4.78, 5) is 0. The molecule has 0 aliphatic carbocycles. The normalized spacial score (nSPS) is 11.6. The second-order valence-corrected chi connectivity index (χ2v) is 5.92. The molecule has 0 aliphatic heterocycles. The molecule has 0 saturated carbocycles. The maximum atomic E-state index is 2.61. The van der Waals surface area contributed by atoms with E-state index >= 15 is 0 Å². The summed E-state index contributed by atoms with van der Waals surface area (Å²) in [5.74, 6) is 0. The molecule has 0 aliphatic rings. The second kappa shape index (κ2) is 11.7. The number of rotatable bonds is 9. The minimum Gasteiger partial charge on any atom is -0.258 e. The van der Waals surface area contributed by atoms with Crippen molar-refractivity contribution in [2.24, 2.45) is 0 Å². The van der Waals surface area contributed by atoms with Gasteiger partial charge in [0.1, 0.15) is 8.37 Å². The van der Waals surface area contributed by atoms with Crippen LogP contribution in [-0.2, 0) is 0 Å². The van der Waals surface area contributed by atoms with Crippen molar-refractivity contribution in [1.29, 1.82) is 0 Å². The lowest BCUT2D eigenvalue weighted by Gasteiger charge is -2.43. The molecule has 5 heteroatoms. The molecule has 0 spiro atoms.